The molecule has 1 aromatic rings. The summed E-state index contributed by atoms with van der Waals surface area (Å²) >= 11 is 0. The number of carbonyl (C=O) groups is 2. The highest BCUT2D eigenvalue weighted by Crippen LogP contribution is 2.32. The van der Waals surface area contributed by atoms with Gasteiger partial charge in [0.1, 0.15) is 5.82 Å². The number of nitrogens with one attached hydrogen (secondary N) is 1. The summed E-state index contributed by atoms with van der Waals surface area (Å²) in [6, 6.07) is 3.63. The third-order valence-corrected chi connectivity index (χ3v) is 5.32. The number of hydrogen-bond donors (Lipinski definition) is 3. The zero-order valence-electron chi connectivity index (χ0n) is 16.9. The third kappa shape index (κ3) is 8.29. The van der Waals surface area contributed by atoms with Gasteiger partial charge >= 0.3 is 18.1 Å². The van der Waals surface area contributed by atoms with Crippen molar-refractivity contribution in [2.45, 2.75) is 56.9 Å². The van der Waals surface area contributed by atoms with E-state index in [1.165, 1.54) is 6.07 Å². The Balaban J connectivity index is 0.000000366. The zero-order chi connectivity index (χ0) is 23.0. The van der Waals surface area contributed by atoms with Crippen LogP contribution in [-0.4, -0.2) is 52.2 Å². The first-order chi connectivity index (χ1) is 14.6. The standard InChI is InChI=1S/C17H22F4N2.C4H4O4/c18-14-8-12(7-13(9-14)17(19,20)21)11-23(15-3-1-2-4-15)16-5-6-22-10-16;5-3(6)1-2-4(7)8/h7-9,15-16,22H,1-6,10-11H2;1-2H,(H,5,6)(H,7,8)/b;2-1+/t16-;/m0./s1. The summed E-state index contributed by atoms with van der Waals surface area (Å²) in [5.74, 6) is -3.33. The van der Waals surface area contributed by atoms with Crippen molar-refractivity contribution in [1.29, 1.82) is 0 Å². The molecule has 1 aromatic carbocycles. The number of carboxylic acids is 2. The number of nitrogens with zero attached hydrogens (tertiary/aromatic N) is 1. The van der Waals surface area contributed by atoms with Crippen LogP contribution in [0.3, 0.4) is 0 Å². The van der Waals surface area contributed by atoms with Crippen molar-refractivity contribution >= 4 is 11.9 Å². The number of alkyl halides is 3. The maximum Gasteiger partial charge on any atom is 0.416 e. The maximum absolute atomic E-state index is 13.6. The summed E-state index contributed by atoms with van der Waals surface area (Å²) in [5, 5.41) is 18.9. The minimum Gasteiger partial charge on any atom is -0.478 e. The van der Waals surface area contributed by atoms with Crippen LogP contribution in [-0.2, 0) is 22.3 Å². The fourth-order valence-corrected chi connectivity index (χ4v) is 3.97. The van der Waals surface area contributed by atoms with Gasteiger partial charge in [-0.05, 0) is 49.6 Å². The van der Waals surface area contributed by atoms with Crippen molar-refractivity contribution in [2.24, 2.45) is 0 Å². The lowest BCUT2D eigenvalue weighted by atomic mass is 10.0. The zero-order valence-corrected chi connectivity index (χ0v) is 16.9. The van der Waals surface area contributed by atoms with Crippen LogP contribution in [0.2, 0.25) is 0 Å². The number of rotatable bonds is 6. The lowest BCUT2D eigenvalue weighted by molar-refractivity contribution is -0.138. The number of hydrogen-bond acceptors (Lipinski definition) is 4. The van der Waals surface area contributed by atoms with Crippen LogP contribution in [0.15, 0.2) is 30.4 Å². The van der Waals surface area contributed by atoms with E-state index in [0.717, 1.165) is 51.3 Å². The van der Waals surface area contributed by atoms with Gasteiger partial charge in [-0.25, -0.2) is 14.0 Å². The predicted molar refractivity (Wildman–Crippen MR) is 105 cm³/mol. The van der Waals surface area contributed by atoms with E-state index in [9.17, 15) is 27.2 Å². The summed E-state index contributed by atoms with van der Waals surface area (Å²) in [4.78, 5) is 21.4. The maximum atomic E-state index is 13.6. The molecule has 31 heavy (non-hydrogen) atoms. The molecule has 6 nitrogen and oxygen atoms in total. The summed E-state index contributed by atoms with van der Waals surface area (Å²) in [6.45, 7) is 2.18. The van der Waals surface area contributed by atoms with Crippen LogP contribution < -0.4 is 5.32 Å². The Morgan fingerprint density at radius 1 is 1.03 bits per heavy atom. The van der Waals surface area contributed by atoms with Crippen LogP contribution in [0.5, 0.6) is 0 Å². The molecule has 1 atom stereocenters. The van der Waals surface area contributed by atoms with Gasteiger partial charge in [0.2, 0.25) is 0 Å². The quantitative estimate of drug-likeness (QED) is 0.457. The highest BCUT2D eigenvalue weighted by atomic mass is 19.4. The van der Waals surface area contributed by atoms with E-state index in [-0.39, 0.29) is 0 Å². The molecule has 0 radical (unpaired) electrons. The van der Waals surface area contributed by atoms with Gasteiger partial charge in [-0.1, -0.05) is 12.8 Å². The Morgan fingerprint density at radius 3 is 2.13 bits per heavy atom. The van der Waals surface area contributed by atoms with Crippen molar-refractivity contribution in [3.63, 3.8) is 0 Å². The monoisotopic (exact) mass is 446 g/mol. The Kier molecular flexibility index (Phi) is 9.00. The molecule has 0 bridgehead atoms. The van der Waals surface area contributed by atoms with Gasteiger partial charge in [0.05, 0.1) is 5.56 Å². The predicted octanol–water partition coefficient (Wildman–Crippen LogP) is 3.66. The summed E-state index contributed by atoms with van der Waals surface area (Å²) in [5.41, 5.74) is -0.487. The highest BCUT2D eigenvalue weighted by molar-refractivity contribution is 5.89. The largest absolute Gasteiger partial charge is 0.478 e. The van der Waals surface area contributed by atoms with E-state index in [1.54, 1.807) is 0 Å². The van der Waals surface area contributed by atoms with Crippen LogP contribution in [0.25, 0.3) is 0 Å². The van der Waals surface area contributed by atoms with Crippen LogP contribution in [0, 0.1) is 5.82 Å². The topological polar surface area (TPSA) is 89.9 Å². The van der Waals surface area contributed by atoms with E-state index in [2.05, 4.69) is 10.2 Å². The molecule has 0 aromatic heterocycles. The molecule has 0 unspecified atom stereocenters. The van der Waals surface area contributed by atoms with Crippen molar-refractivity contribution < 1.29 is 37.4 Å². The van der Waals surface area contributed by atoms with E-state index >= 15 is 0 Å². The molecule has 10 heteroatoms. The molecular weight excluding hydrogens is 420 g/mol. The Morgan fingerprint density at radius 2 is 1.65 bits per heavy atom. The first-order valence-corrected chi connectivity index (χ1v) is 10.0. The molecule has 0 spiro atoms. The van der Waals surface area contributed by atoms with E-state index in [0.29, 0.717) is 42.4 Å². The number of halogens is 4. The molecule has 1 aliphatic carbocycles. The molecule has 3 N–H and O–H groups in total. The average Bonchev–Trinajstić information content (AvgIpc) is 3.38. The lowest BCUT2D eigenvalue weighted by Crippen LogP contribution is -2.42. The van der Waals surface area contributed by atoms with E-state index in [4.69, 9.17) is 10.2 Å². The summed E-state index contributed by atoms with van der Waals surface area (Å²) < 4.78 is 52.3. The van der Waals surface area contributed by atoms with Gasteiger partial charge < -0.3 is 15.5 Å². The van der Waals surface area contributed by atoms with Crippen molar-refractivity contribution in [1.82, 2.24) is 10.2 Å². The van der Waals surface area contributed by atoms with Crippen molar-refractivity contribution in [2.75, 3.05) is 13.1 Å². The second kappa shape index (κ2) is 11.2. The number of benzene rings is 1. The van der Waals surface area contributed by atoms with Crippen LogP contribution in [0.4, 0.5) is 17.6 Å². The molecular formula is C21H26F4N2O4. The second-order valence-electron chi connectivity index (χ2n) is 7.61. The van der Waals surface area contributed by atoms with Crippen molar-refractivity contribution in [3.05, 3.63) is 47.3 Å². The molecule has 2 aliphatic rings. The molecule has 172 valence electrons. The second-order valence-corrected chi connectivity index (χ2v) is 7.61. The Labute approximate surface area is 177 Å². The SMILES string of the molecule is Fc1cc(CN(C2CCCC2)[C@H]2CCNC2)cc(C(F)(F)F)c1.O=C(O)/C=C/C(=O)O. The minimum absolute atomic E-state index is 0.329. The number of carboxylic acid groups (broad SMARTS) is 2. The average molecular weight is 446 g/mol. The minimum atomic E-state index is -4.51. The first-order valence-electron chi connectivity index (χ1n) is 10.0. The smallest absolute Gasteiger partial charge is 0.416 e. The fraction of sp³-hybridized carbons (Fsp3) is 0.524. The summed E-state index contributed by atoms with van der Waals surface area (Å²) in [7, 11) is 0. The van der Waals surface area contributed by atoms with E-state index < -0.39 is 29.5 Å². The lowest BCUT2D eigenvalue weighted by Gasteiger charge is -2.34. The van der Waals surface area contributed by atoms with E-state index in [1.807, 2.05) is 0 Å². The molecule has 0 amide bonds. The molecule has 1 heterocycles. The van der Waals surface area contributed by atoms with Gasteiger partial charge in [-0.3, -0.25) is 4.90 Å². The van der Waals surface area contributed by atoms with Gasteiger partial charge in [-0.15, -0.1) is 0 Å². The van der Waals surface area contributed by atoms with Crippen LogP contribution in [0.1, 0.15) is 43.2 Å². The molecule has 1 saturated heterocycles. The molecule has 2 fully saturated rings. The van der Waals surface area contributed by atoms with Crippen LogP contribution >= 0.6 is 0 Å². The Hall–Kier alpha value is -2.46. The molecule has 3 rings (SSSR count). The van der Waals surface area contributed by atoms with Gasteiger partial charge in [0.15, 0.2) is 0 Å². The third-order valence-electron chi connectivity index (χ3n) is 5.32. The highest BCUT2D eigenvalue weighted by Gasteiger charge is 2.33. The normalized spacial score (nSPS) is 19.6. The molecule has 1 saturated carbocycles. The van der Waals surface area contributed by atoms with Gasteiger partial charge in [0.25, 0.3) is 0 Å². The summed E-state index contributed by atoms with van der Waals surface area (Å²) in [6.07, 6.45) is 2.10. The number of aliphatic carboxylic acids is 2. The fourth-order valence-electron chi connectivity index (χ4n) is 3.97. The first kappa shape index (κ1) is 24.8. The van der Waals surface area contributed by atoms with Gasteiger partial charge in [0, 0.05) is 37.3 Å². The van der Waals surface area contributed by atoms with Crippen molar-refractivity contribution in [3.8, 4) is 0 Å². The van der Waals surface area contributed by atoms with Gasteiger partial charge in [-0.2, -0.15) is 13.2 Å². The Bertz CT molecular complexity index is 754. The molecule has 1 aliphatic heterocycles.